The van der Waals surface area contributed by atoms with Gasteiger partial charge in [0.05, 0.1) is 6.54 Å². The van der Waals surface area contributed by atoms with Gasteiger partial charge in [-0.05, 0) is 43.7 Å². The Balaban J connectivity index is 1.32. The van der Waals surface area contributed by atoms with Crippen LogP contribution in [0.4, 0.5) is 0 Å². The number of fused-ring (bicyclic) bond motifs is 1. The second kappa shape index (κ2) is 7.16. The van der Waals surface area contributed by atoms with Gasteiger partial charge in [0.1, 0.15) is 0 Å². The Labute approximate surface area is 149 Å². The van der Waals surface area contributed by atoms with Crippen LogP contribution in [-0.2, 0) is 11.2 Å². The number of likely N-dealkylation sites (tertiary alicyclic amines) is 2. The molecule has 134 valence electrons. The van der Waals surface area contributed by atoms with Crippen molar-refractivity contribution in [2.75, 3.05) is 39.3 Å². The zero-order chi connectivity index (χ0) is 17.2. The minimum absolute atomic E-state index is 0.188. The van der Waals surface area contributed by atoms with Gasteiger partial charge in [0.2, 0.25) is 5.91 Å². The standard InChI is InChI=1S/C20H27N3O2/c24-19(22-10-3-4-11-22)15-21-12-8-17(9-13-21)23-14-7-16-5-1-2-6-18(16)20(23)25/h1-2,5-6,17H,3-4,7-15H2. The van der Waals surface area contributed by atoms with Crippen molar-refractivity contribution in [3.05, 3.63) is 35.4 Å². The van der Waals surface area contributed by atoms with Crippen LogP contribution < -0.4 is 0 Å². The van der Waals surface area contributed by atoms with E-state index in [1.165, 1.54) is 5.56 Å². The molecule has 0 atom stereocenters. The van der Waals surface area contributed by atoms with Gasteiger partial charge >= 0.3 is 0 Å². The van der Waals surface area contributed by atoms with Crippen LogP contribution in [0.25, 0.3) is 0 Å². The Morgan fingerprint density at radius 1 is 1.00 bits per heavy atom. The molecule has 0 bridgehead atoms. The molecule has 2 amide bonds. The maximum Gasteiger partial charge on any atom is 0.254 e. The number of hydrogen-bond acceptors (Lipinski definition) is 3. The normalized spacial score (nSPS) is 22.3. The molecule has 0 spiro atoms. The van der Waals surface area contributed by atoms with Gasteiger partial charge in [-0.15, -0.1) is 0 Å². The summed E-state index contributed by atoms with van der Waals surface area (Å²) in [6.45, 7) is 5.05. The van der Waals surface area contributed by atoms with Crippen molar-refractivity contribution >= 4 is 11.8 Å². The van der Waals surface area contributed by atoms with Crippen molar-refractivity contribution in [3.63, 3.8) is 0 Å². The largest absolute Gasteiger partial charge is 0.342 e. The van der Waals surface area contributed by atoms with Crippen LogP contribution in [0.15, 0.2) is 24.3 Å². The van der Waals surface area contributed by atoms with Gasteiger partial charge in [-0.25, -0.2) is 0 Å². The van der Waals surface area contributed by atoms with Crippen molar-refractivity contribution in [2.45, 2.75) is 38.1 Å². The highest BCUT2D eigenvalue weighted by molar-refractivity contribution is 5.96. The molecule has 0 saturated carbocycles. The van der Waals surface area contributed by atoms with Crippen LogP contribution in [0.1, 0.15) is 41.6 Å². The number of carbonyl (C=O) groups excluding carboxylic acids is 2. The van der Waals surface area contributed by atoms with Crippen LogP contribution in [0, 0.1) is 0 Å². The highest BCUT2D eigenvalue weighted by Gasteiger charge is 2.32. The lowest BCUT2D eigenvalue weighted by Crippen LogP contribution is -2.51. The summed E-state index contributed by atoms with van der Waals surface area (Å²) < 4.78 is 0. The highest BCUT2D eigenvalue weighted by atomic mass is 16.2. The van der Waals surface area contributed by atoms with E-state index in [0.717, 1.165) is 70.4 Å². The van der Waals surface area contributed by atoms with Crippen LogP contribution in [0.3, 0.4) is 0 Å². The molecular formula is C20H27N3O2. The number of rotatable bonds is 3. The molecule has 1 aromatic rings. The summed E-state index contributed by atoms with van der Waals surface area (Å²) in [5.41, 5.74) is 2.05. The number of piperidine rings is 1. The molecule has 0 unspecified atom stereocenters. The lowest BCUT2D eigenvalue weighted by molar-refractivity contribution is -0.131. The van der Waals surface area contributed by atoms with Crippen molar-refractivity contribution in [2.24, 2.45) is 0 Å². The molecule has 5 nitrogen and oxygen atoms in total. The summed E-state index contributed by atoms with van der Waals surface area (Å²) in [7, 11) is 0. The second-order valence-corrected chi connectivity index (χ2v) is 7.50. The topological polar surface area (TPSA) is 43.9 Å². The smallest absolute Gasteiger partial charge is 0.254 e. The van der Waals surface area contributed by atoms with Crippen molar-refractivity contribution in [1.82, 2.24) is 14.7 Å². The van der Waals surface area contributed by atoms with E-state index in [4.69, 9.17) is 0 Å². The van der Waals surface area contributed by atoms with Gasteiger partial charge in [-0.2, -0.15) is 0 Å². The highest BCUT2D eigenvalue weighted by Crippen LogP contribution is 2.25. The molecule has 0 aromatic heterocycles. The predicted molar refractivity (Wildman–Crippen MR) is 96.5 cm³/mol. The fraction of sp³-hybridized carbons (Fsp3) is 0.600. The SMILES string of the molecule is O=C(CN1CCC(N2CCc3ccccc3C2=O)CC1)N1CCCC1. The third-order valence-corrected chi connectivity index (χ3v) is 5.95. The Bertz CT molecular complexity index is 646. The second-order valence-electron chi connectivity index (χ2n) is 7.50. The Kier molecular flexibility index (Phi) is 4.75. The van der Waals surface area contributed by atoms with Gasteiger partial charge in [-0.1, -0.05) is 18.2 Å². The van der Waals surface area contributed by atoms with Crippen LogP contribution in [-0.4, -0.2) is 71.8 Å². The maximum atomic E-state index is 12.8. The summed E-state index contributed by atoms with van der Waals surface area (Å²) in [5, 5.41) is 0. The molecule has 2 saturated heterocycles. The lowest BCUT2D eigenvalue weighted by atomic mass is 9.95. The van der Waals surface area contributed by atoms with Gasteiger partial charge in [0.25, 0.3) is 5.91 Å². The first kappa shape index (κ1) is 16.6. The van der Waals surface area contributed by atoms with Crippen molar-refractivity contribution < 1.29 is 9.59 Å². The van der Waals surface area contributed by atoms with Gasteiger partial charge < -0.3 is 9.80 Å². The van der Waals surface area contributed by atoms with E-state index in [-0.39, 0.29) is 11.8 Å². The summed E-state index contributed by atoms with van der Waals surface area (Å²) >= 11 is 0. The van der Waals surface area contributed by atoms with Gasteiger partial charge in [0, 0.05) is 44.3 Å². The Hall–Kier alpha value is -1.88. The van der Waals surface area contributed by atoms with E-state index in [1.807, 2.05) is 23.1 Å². The predicted octanol–water partition coefficient (Wildman–Crippen LogP) is 1.77. The molecule has 5 heteroatoms. The molecule has 25 heavy (non-hydrogen) atoms. The molecule has 0 aliphatic carbocycles. The van der Waals surface area contributed by atoms with Gasteiger partial charge in [-0.3, -0.25) is 14.5 Å². The molecule has 2 fully saturated rings. The quantitative estimate of drug-likeness (QED) is 0.842. The van der Waals surface area contributed by atoms with E-state index in [2.05, 4.69) is 15.9 Å². The molecule has 3 heterocycles. The average Bonchev–Trinajstić information content (AvgIpc) is 3.18. The van der Waals surface area contributed by atoms with E-state index in [0.29, 0.717) is 12.6 Å². The van der Waals surface area contributed by atoms with Crippen molar-refractivity contribution in [1.29, 1.82) is 0 Å². The van der Waals surface area contributed by atoms with Crippen LogP contribution in [0.5, 0.6) is 0 Å². The molecular weight excluding hydrogens is 314 g/mol. The van der Waals surface area contributed by atoms with E-state index < -0.39 is 0 Å². The van der Waals surface area contributed by atoms with Crippen LogP contribution in [0.2, 0.25) is 0 Å². The lowest BCUT2D eigenvalue weighted by Gasteiger charge is -2.40. The molecule has 3 aliphatic heterocycles. The number of benzene rings is 1. The third-order valence-electron chi connectivity index (χ3n) is 5.95. The summed E-state index contributed by atoms with van der Waals surface area (Å²) in [6.07, 6.45) is 5.19. The number of nitrogens with zero attached hydrogens (tertiary/aromatic N) is 3. The average molecular weight is 341 g/mol. The van der Waals surface area contributed by atoms with E-state index in [9.17, 15) is 9.59 Å². The van der Waals surface area contributed by atoms with E-state index in [1.54, 1.807) is 0 Å². The first-order valence-corrected chi connectivity index (χ1v) is 9.61. The summed E-state index contributed by atoms with van der Waals surface area (Å²) in [6, 6.07) is 8.30. The van der Waals surface area contributed by atoms with Gasteiger partial charge in [0.15, 0.2) is 0 Å². The fourth-order valence-electron chi connectivity index (χ4n) is 4.44. The Morgan fingerprint density at radius 3 is 2.48 bits per heavy atom. The number of hydrogen-bond donors (Lipinski definition) is 0. The summed E-state index contributed by atoms with van der Waals surface area (Å²) in [5.74, 6) is 0.465. The first-order valence-electron chi connectivity index (χ1n) is 9.61. The number of carbonyl (C=O) groups is 2. The van der Waals surface area contributed by atoms with E-state index >= 15 is 0 Å². The third kappa shape index (κ3) is 3.43. The molecule has 0 radical (unpaired) electrons. The first-order chi connectivity index (χ1) is 12.2. The molecule has 3 aliphatic rings. The van der Waals surface area contributed by atoms with Crippen LogP contribution >= 0.6 is 0 Å². The molecule has 1 aromatic carbocycles. The molecule has 0 N–H and O–H groups in total. The zero-order valence-electron chi connectivity index (χ0n) is 14.8. The molecule has 4 rings (SSSR count). The minimum atomic E-state index is 0.188. The zero-order valence-corrected chi connectivity index (χ0v) is 14.8. The monoisotopic (exact) mass is 341 g/mol. The maximum absolute atomic E-state index is 12.8. The fourth-order valence-corrected chi connectivity index (χ4v) is 4.44. The van der Waals surface area contributed by atoms with Crippen molar-refractivity contribution in [3.8, 4) is 0 Å². The number of amides is 2. The summed E-state index contributed by atoms with van der Waals surface area (Å²) in [4.78, 5) is 31.4. The Morgan fingerprint density at radius 2 is 1.72 bits per heavy atom. The minimum Gasteiger partial charge on any atom is -0.342 e.